The van der Waals surface area contributed by atoms with Crippen LogP contribution >= 0.6 is 0 Å². The van der Waals surface area contributed by atoms with Crippen molar-refractivity contribution in [3.63, 3.8) is 0 Å². The summed E-state index contributed by atoms with van der Waals surface area (Å²) in [5.74, 6) is 0.116. The van der Waals surface area contributed by atoms with Crippen LogP contribution in [0.5, 0.6) is 0 Å². The fraction of sp³-hybridized carbons (Fsp3) is 0.588. The van der Waals surface area contributed by atoms with Gasteiger partial charge in [0.05, 0.1) is 0 Å². The average molecular weight is 276 g/mol. The van der Waals surface area contributed by atoms with Crippen molar-refractivity contribution in [2.24, 2.45) is 0 Å². The monoisotopic (exact) mass is 276 g/mol. The number of benzene rings is 1. The number of carbonyl (C=O) groups excluding carboxylic acids is 1. The van der Waals surface area contributed by atoms with Crippen LogP contribution in [0.4, 0.5) is 5.69 Å². The maximum absolute atomic E-state index is 11.8. The van der Waals surface area contributed by atoms with Crippen molar-refractivity contribution in [1.82, 2.24) is 5.32 Å². The van der Waals surface area contributed by atoms with Gasteiger partial charge in [-0.1, -0.05) is 38.8 Å². The highest BCUT2D eigenvalue weighted by molar-refractivity contribution is 5.90. The van der Waals surface area contributed by atoms with Gasteiger partial charge in [-0.15, -0.1) is 0 Å². The van der Waals surface area contributed by atoms with Gasteiger partial charge < -0.3 is 10.6 Å². The molecule has 1 unspecified atom stereocenters. The van der Waals surface area contributed by atoms with E-state index in [-0.39, 0.29) is 5.91 Å². The Labute approximate surface area is 123 Å². The quantitative estimate of drug-likeness (QED) is 0.661. The van der Waals surface area contributed by atoms with Crippen LogP contribution in [0, 0.1) is 0 Å². The van der Waals surface area contributed by atoms with Gasteiger partial charge in [0.25, 0.3) is 0 Å². The maximum atomic E-state index is 11.8. The summed E-state index contributed by atoms with van der Waals surface area (Å²) in [7, 11) is 0. The van der Waals surface area contributed by atoms with E-state index in [0.29, 0.717) is 12.5 Å². The molecule has 1 aromatic rings. The van der Waals surface area contributed by atoms with Gasteiger partial charge in [-0.05, 0) is 44.0 Å². The third-order valence-electron chi connectivity index (χ3n) is 3.38. The Kier molecular flexibility index (Phi) is 7.97. The zero-order valence-corrected chi connectivity index (χ0v) is 13.0. The lowest BCUT2D eigenvalue weighted by atomic mass is 10.1. The van der Waals surface area contributed by atoms with Gasteiger partial charge in [0.2, 0.25) is 5.91 Å². The Morgan fingerprint density at radius 3 is 2.70 bits per heavy atom. The lowest BCUT2D eigenvalue weighted by Gasteiger charge is -2.15. The molecule has 0 aliphatic rings. The van der Waals surface area contributed by atoms with Crippen molar-refractivity contribution in [2.45, 2.75) is 58.9 Å². The lowest BCUT2D eigenvalue weighted by molar-refractivity contribution is -0.116. The van der Waals surface area contributed by atoms with Crippen LogP contribution in [0.3, 0.4) is 0 Å². The Hall–Kier alpha value is -1.35. The molecule has 1 amide bonds. The van der Waals surface area contributed by atoms with E-state index in [1.165, 1.54) is 5.56 Å². The van der Waals surface area contributed by atoms with Gasteiger partial charge in [0, 0.05) is 18.2 Å². The molecule has 3 heteroatoms. The lowest BCUT2D eigenvalue weighted by Crippen LogP contribution is -2.19. The van der Waals surface area contributed by atoms with Gasteiger partial charge in [0.15, 0.2) is 0 Å². The fourth-order valence-corrected chi connectivity index (χ4v) is 2.12. The largest absolute Gasteiger partial charge is 0.326 e. The van der Waals surface area contributed by atoms with Crippen LogP contribution in [0.25, 0.3) is 0 Å². The summed E-state index contributed by atoms with van der Waals surface area (Å²) >= 11 is 0. The van der Waals surface area contributed by atoms with Crippen molar-refractivity contribution in [2.75, 3.05) is 11.9 Å². The molecule has 0 aliphatic heterocycles. The summed E-state index contributed by atoms with van der Waals surface area (Å²) < 4.78 is 0. The van der Waals surface area contributed by atoms with Crippen molar-refractivity contribution >= 4 is 11.6 Å². The zero-order valence-electron chi connectivity index (χ0n) is 13.0. The molecule has 1 rings (SSSR count). The molecular weight excluding hydrogens is 248 g/mol. The predicted octanol–water partition coefficient (Wildman–Crippen LogP) is 4.27. The molecule has 20 heavy (non-hydrogen) atoms. The minimum absolute atomic E-state index is 0.116. The minimum atomic E-state index is 0.116. The summed E-state index contributed by atoms with van der Waals surface area (Å²) in [6, 6.07) is 8.42. The second-order valence-corrected chi connectivity index (χ2v) is 5.31. The van der Waals surface area contributed by atoms with E-state index in [1.54, 1.807) is 0 Å². The predicted molar refractivity (Wildman–Crippen MR) is 85.9 cm³/mol. The number of hydrogen-bond donors (Lipinski definition) is 2. The van der Waals surface area contributed by atoms with E-state index < -0.39 is 0 Å². The number of hydrogen-bond acceptors (Lipinski definition) is 2. The number of anilines is 1. The van der Waals surface area contributed by atoms with E-state index in [0.717, 1.165) is 37.9 Å². The SMILES string of the molecule is CCCCCC(=O)Nc1cccc(C(C)NCCC)c1. The molecule has 0 aliphatic carbocycles. The smallest absolute Gasteiger partial charge is 0.224 e. The van der Waals surface area contributed by atoms with Crippen LogP contribution < -0.4 is 10.6 Å². The molecule has 1 atom stereocenters. The van der Waals surface area contributed by atoms with Gasteiger partial charge in [-0.2, -0.15) is 0 Å². The molecule has 0 aromatic heterocycles. The first-order chi connectivity index (χ1) is 9.67. The Morgan fingerprint density at radius 1 is 1.20 bits per heavy atom. The van der Waals surface area contributed by atoms with Gasteiger partial charge in [-0.3, -0.25) is 4.79 Å². The molecule has 3 nitrogen and oxygen atoms in total. The number of carbonyl (C=O) groups is 1. The molecule has 0 saturated heterocycles. The third-order valence-corrected chi connectivity index (χ3v) is 3.38. The van der Waals surface area contributed by atoms with E-state index in [9.17, 15) is 4.79 Å². The standard InChI is InChI=1S/C17H28N2O/c1-4-6-7-11-17(20)19-16-10-8-9-15(13-16)14(3)18-12-5-2/h8-10,13-14,18H,4-7,11-12H2,1-3H3,(H,19,20). The second-order valence-electron chi connectivity index (χ2n) is 5.31. The summed E-state index contributed by atoms with van der Waals surface area (Å²) in [5.41, 5.74) is 2.11. The molecule has 0 saturated carbocycles. The molecule has 0 bridgehead atoms. The molecule has 1 aromatic carbocycles. The highest BCUT2D eigenvalue weighted by atomic mass is 16.1. The summed E-state index contributed by atoms with van der Waals surface area (Å²) in [6.07, 6.45) is 4.96. The van der Waals surface area contributed by atoms with Crippen LogP contribution in [0.1, 0.15) is 64.5 Å². The van der Waals surface area contributed by atoms with Crippen LogP contribution in [0.2, 0.25) is 0 Å². The summed E-state index contributed by atoms with van der Waals surface area (Å²) in [5, 5.41) is 6.44. The molecular formula is C17H28N2O. The average Bonchev–Trinajstić information content (AvgIpc) is 2.45. The van der Waals surface area contributed by atoms with E-state index in [4.69, 9.17) is 0 Å². The number of rotatable bonds is 9. The Balaban J connectivity index is 2.52. The highest BCUT2D eigenvalue weighted by Gasteiger charge is 2.06. The van der Waals surface area contributed by atoms with Crippen molar-refractivity contribution in [3.8, 4) is 0 Å². The van der Waals surface area contributed by atoms with Gasteiger partial charge >= 0.3 is 0 Å². The summed E-state index contributed by atoms with van der Waals surface area (Å²) in [6.45, 7) is 7.46. The van der Waals surface area contributed by atoms with Crippen molar-refractivity contribution in [3.05, 3.63) is 29.8 Å². The maximum Gasteiger partial charge on any atom is 0.224 e. The normalized spacial score (nSPS) is 12.2. The molecule has 112 valence electrons. The first kappa shape index (κ1) is 16.7. The van der Waals surface area contributed by atoms with Crippen LogP contribution in [-0.2, 0) is 4.79 Å². The minimum Gasteiger partial charge on any atom is -0.326 e. The first-order valence-electron chi connectivity index (χ1n) is 7.80. The molecule has 0 radical (unpaired) electrons. The second kappa shape index (κ2) is 9.54. The van der Waals surface area contributed by atoms with Crippen molar-refractivity contribution in [1.29, 1.82) is 0 Å². The van der Waals surface area contributed by atoms with E-state index in [2.05, 4.69) is 43.5 Å². The number of nitrogens with one attached hydrogen (secondary N) is 2. The number of amides is 1. The topological polar surface area (TPSA) is 41.1 Å². The molecule has 0 heterocycles. The fourth-order valence-electron chi connectivity index (χ4n) is 2.12. The molecule has 0 fully saturated rings. The summed E-state index contributed by atoms with van der Waals surface area (Å²) in [4.78, 5) is 11.8. The zero-order chi connectivity index (χ0) is 14.8. The van der Waals surface area contributed by atoms with Crippen molar-refractivity contribution < 1.29 is 4.79 Å². The van der Waals surface area contributed by atoms with Gasteiger partial charge in [0.1, 0.15) is 0 Å². The van der Waals surface area contributed by atoms with Gasteiger partial charge in [-0.25, -0.2) is 0 Å². The van der Waals surface area contributed by atoms with Crippen LogP contribution in [0.15, 0.2) is 24.3 Å². The highest BCUT2D eigenvalue weighted by Crippen LogP contribution is 2.17. The van der Waals surface area contributed by atoms with Crippen LogP contribution in [-0.4, -0.2) is 12.5 Å². The Bertz CT molecular complexity index is 404. The van der Waals surface area contributed by atoms with E-state index >= 15 is 0 Å². The molecule has 0 spiro atoms. The Morgan fingerprint density at radius 2 is 2.00 bits per heavy atom. The molecule has 2 N–H and O–H groups in total. The van der Waals surface area contributed by atoms with E-state index in [1.807, 2.05) is 12.1 Å². The number of unbranched alkanes of at least 4 members (excludes halogenated alkanes) is 2. The third kappa shape index (κ3) is 6.20. The first-order valence-corrected chi connectivity index (χ1v) is 7.80.